The molecule has 0 aliphatic heterocycles. The van der Waals surface area contributed by atoms with Crippen LogP contribution in [0.5, 0.6) is 0 Å². The summed E-state index contributed by atoms with van der Waals surface area (Å²) >= 11 is 0. The van der Waals surface area contributed by atoms with Crippen LogP contribution in [-0.4, -0.2) is 28.3 Å². The number of hydrogen-bond donors (Lipinski definition) is 3. The fourth-order valence-corrected chi connectivity index (χ4v) is 1.13. The van der Waals surface area contributed by atoms with Gasteiger partial charge in [0, 0.05) is 6.61 Å². The topological polar surface area (TPSA) is 83.5 Å². The quantitative estimate of drug-likeness (QED) is 0.569. The molecule has 0 radical (unpaired) electrons. The summed E-state index contributed by atoms with van der Waals surface area (Å²) in [7, 11) is 0. The number of nitrogens with two attached hydrogens (primary N) is 1. The molecule has 4 nitrogen and oxygen atoms in total. The highest BCUT2D eigenvalue weighted by atomic mass is 16.4. The number of carboxylic acids is 1. The highest BCUT2D eigenvalue weighted by Gasteiger charge is 2.34. The maximum absolute atomic E-state index is 10.6. The molecule has 72 valence electrons. The molecule has 4 N–H and O–H groups in total. The van der Waals surface area contributed by atoms with Crippen LogP contribution in [0.2, 0.25) is 0 Å². The van der Waals surface area contributed by atoms with Crippen molar-refractivity contribution in [2.24, 2.45) is 11.1 Å². The van der Waals surface area contributed by atoms with E-state index in [1.54, 1.807) is 13.8 Å². The molecular weight excluding hydrogens is 158 g/mol. The Labute approximate surface area is 72.4 Å². The van der Waals surface area contributed by atoms with Crippen LogP contribution in [0, 0.1) is 5.41 Å². The van der Waals surface area contributed by atoms with Crippen molar-refractivity contribution < 1.29 is 15.0 Å². The van der Waals surface area contributed by atoms with E-state index in [1.165, 1.54) is 6.92 Å². The van der Waals surface area contributed by atoms with Crippen molar-refractivity contribution in [1.29, 1.82) is 0 Å². The lowest BCUT2D eigenvalue weighted by atomic mass is 9.80. The molecule has 0 aliphatic rings. The van der Waals surface area contributed by atoms with Crippen molar-refractivity contribution in [2.75, 3.05) is 6.61 Å². The monoisotopic (exact) mass is 175 g/mol. The Hall–Kier alpha value is -0.610. The van der Waals surface area contributed by atoms with E-state index in [9.17, 15) is 4.79 Å². The molecule has 0 bridgehead atoms. The maximum Gasteiger partial charge on any atom is 0.323 e. The minimum absolute atomic E-state index is 0.0624. The fourth-order valence-electron chi connectivity index (χ4n) is 1.13. The van der Waals surface area contributed by atoms with Crippen LogP contribution in [0.15, 0.2) is 0 Å². The summed E-state index contributed by atoms with van der Waals surface area (Å²) in [4.78, 5) is 10.6. The van der Waals surface area contributed by atoms with Crippen molar-refractivity contribution in [2.45, 2.75) is 32.7 Å². The van der Waals surface area contributed by atoms with E-state index in [0.29, 0.717) is 0 Å². The van der Waals surface area contributed by atoms with E-state index in [0.717, 1.165) is 0 Å². The van der Waals surface area contributed by atoms with Crippen molar-refractivity contribution >= 4 is 5.97 Å². The summed E-state index contributed by atoms with van der Waals surface area (Å²) in [6, 6.07) is 0. The van der Waals surface area contributed by atoms with Gasteiger partial charge in [0.15, 0.2) is 0 Å². The highest BCUT2D eigenvalue weighted by molar-refractivity contribution is 5.77. The molecule has 0 heterocycles. The first kappa shape index (κ1) is 11.4. The van der Waals surface area contributed by atoms with Gasteiger partial charge in [0.05, 0.1) is 0 Å². The van der Waals surface area contributed by atoms with Crippen LogP contribution in [0.4, 0.5) is 0 Å². The van der Waals surface area contributed by atoms with E-state index in [4.69, 9.17) is 15.9 Å². The Morgan fingerprint density at radius 3 is 2.08 bits per heavy atom. The second-order valence-electron chi connectivity index (χ2n) is 4.22. The maximum atomic E-state index is 10.6. The summed E-state index contributed by atoms with van der Waals surface area (Å²) in [6.07, 6.45) is 0.256. The van der Waals surface area contributed by atoms with Gasteiger partial charge in [0.25, 0.3) is 0 Å². The first-order chi connectivity index (χ1) is 5.21. The van der Waals surface area contributed by atoms with E-state index in [-0.39, 0.29) is 13.0 Å². The van der Waals surface area contributed by atoms with Crippen LogP contribution in [0.1, 0.15) is 27.2 Å². The van der Waals surface area contributed by atoms with Gasteiger partial charge in [-0.1, -0.05) is 13.8 Å². The van der Waals surface area contributed by atoms with Crippen LogP contribution in [0.3, 0.4) is 0 Å². The fraction of sp³-hybridized carbons (Fsp3) is 0.875. The van der Waals surface area contributed by atoms with Gasteiger partial charge in [-0.2, -0.15) is 0 Å². The molecule has 0 aliphatic carbocycles. The molecule has 0 aromatic rings. The summed E-state index contributed by atoms with van der Waals surface area (Å²) in [5, 5.41) is 17.6. The lowest BCUT2D eigenvalue weighted by Crippen LogP contribution is -2.48. The van der Waals surface area contributed by atoms with E-state index >= 15 is 0 Å². The smallest absolute Gasteiger partial charge is 0.323 e. The van der Waals surface area contributed by atoms with Gasteiger partial charge in [-0.15, -0.1) is 0 Å². The standard InChI is InChI=1S/C8H17NO3/c1-7(2,5-10)4-8(3,9)6(11)12/h10H,4-5,9H2,1-3H3,(H,11,12). The molecule has 12 heavy (non-hydrogen) atoms. The van der Waals surface area contributed by atoms with Gasteiger partial charge >= 0.3 is 5.97 Å². The van der Waals surface area contributed by atoms with Gasteiger partial charge in [0.2, 0.25) is 0 Å². The number of rotatable bonds is 4. The summed E-state index contributed by atoms with van der Waals surface area (Å²) in [5.41, 5.74) is 3.81. The van der Waals surface area contributed by atoms with Crippen LogP contribution in [0.25, 0.3) is 0 Å². The molecule has 0 saturated heterocycles. The molecule has 0 aromatic carbocycles. The molecule has 0 saturated carbocycles. The van der Waals surface area contributed by atoms with Gasteiger partial charge in [-0.05, 0) is 18.8 Å². The number of aliphatic hydroxyl groups is 1. The molecule has 0 amide bonds. The third-order valence-electron chi connectivity index (χ3n) is 1.76. The highest BCUT2D eigenvalue weighted by Crippen LogP contribution is 2.25. The Balaban J connectivity index is 4.34. The second-order valence-corrected chi connectivity index (χ2v) is 4.22. The average molecular weight is 175 g/mol. The molecule has 1 atom stereocenters. The molecule has 1 unspecified atom stereocenters. The minimum atomic E-state index is -1.26. The van der Waals surface area contributed by atoms with Crippen molar-refractivity contribution in [3.63, 3.8) is 0 Å². The lowest BCUT2D eigenvalue weighted by molar-refractivity contribution is -0.144. The van der Waals surface area contributed by atoms with Crippen LogP contribution >= 0.6 is 0 Å². The van der Waals surface area contributed by atoms with E-state index in [1.807, 2.05) is 0 Å². The predicted molar refractivity (Wildman–Crippen MR) is 45.7 cm³/mol. The summed E-state index contributed by atoms with van der Waals surface area (Å²) in [6.45, 7) is 4.95. The third kappa shape index (κ3) is 3.19. The van der Waals surface area contributed by atoms with Gasteiger partial charge in [-0.25, -0.2) is 0 Å². The first-order valence-electron chi connectivity index (χ1n) is 3.84. The zero-order chi connectivity index (χ0) is 9.99. The lowest BCUT2D eigenvalue weighted by Gasteiger charge is -2.30. The predicted octanol–water partition coefficient (Wildman–Crippen LogP) is 0.197. The van der Waals surface area contributed by atoms with Crippen LogP contribution in [-0.2, 0) is 4.79 Å². The number of hydrogen-bond acceptors (Lipinski definition) is 3. The average Bonchev–Trinajstić information content (AvgIpc) is 1.85. The van der Waals surface area contributed by atoms with Crippen molar-refractivity contribution in [3.8, 4) is 0 Å². The Bertz CT molecular complexity index is 175. The number of aliphatic carboxylic acids is 1. The van der Waals surface area contributed by atoms with Crippen molar-refractivity contribution in [3.05, 3.63) is 0 Å². The number of aliphatic hydroxyl groups excluding tert-OH is 1. The minimum Gasteiger partial charge on any atom is -0.480 e. The Kier molecular flexibility index (Phi) is 3.24. The molecule has 0 fully saturated rings. The van der Waals surface area contributed by atoms with Crippen molar-refractivity contribution in [1.82, 2.24) is 0 Å². The molecular formula is C8H17NO3. The Morgan fingerprint density at radius 2 is 1.83 bits per heavy atom. The molecule has 0 spiro atoms. The Morgan fingerprint density at radius 1 is 1.42 bits per heavy atom. The molecule has 4 heteroatoms. The zero-order valence-electron chi connectivity index (χ0n) is 7.79. The largest absolute Gasteiger partial charge is 0.480 e. The van der Waals surface area contributed by atoms with Gasteiger partial charge < -0.3 is 15.9 Å². The van der Waals surface area contributed by atoms with E-state index < -0.39 is 16.9 Å². The van der Waals surface area contributed by atoms with E-state index in [2.05, 4.69) is 0 Å². The molecule has 0 aromatic heterocycles. The normalized spacial score (nSPS) is 17.1. The molecule has 0 rings (SSSR count). The summed E-state index contributed by atoms with van der Waals surface area (Å²) < 4.78 is 0. The second kappa shape index (κ2) is 3.41. The summed E-state index contributed by atoms with van der Waals surface area (Å²) in [5.74, 6) is -1.04. The SMILES string of the molecule is CC(C)(CO)CC(C)(N)C(=O)O. The van der Waals surface area contributed by atoms with Crippen LogP contribution < -0.4 is 5.73 Å². The third-order valence-corrected chi connectivity index (χ3v) is 1.76. The number of carbonyl (C=O) groups is 1. The van der Waals surface area contributed by atoms with Gasteiger partial charge in [0.1, 0.15) is 5.54 Å². The zero-order valence-corrected chi connectivity index (χ0v) is 7.79. The first-order valence-corrected chi connectivity index (χ1v) is 3.84. The number of carboxylic acid groups (broad SMARTS) is 1. The van der Waals surface area contributed by atoms with Gasteiger partial charge in [-0.3, -0.25) is 4.79 Å².